The van der Waals surface area contributed by atoms with E-state index >= 15 is 0 Å². The maximum atomic E-state index is 10.7. The van der Waals surface area contributed by atoms with Gasteiger partial charge in [0.15, 0.2) is 0 Å². The van der Waals surface area contributed by atoms with Crippen LogP contribution in [0.1, 0.15) is 13.3 Å². The van der Waals surface area contributed by atoms with E-state index in [4.69, 9.17) is 9.84 Å². The van der Waals surface area contributed by atoms with Gasteiger partial charge in [-0.1, -0.05) is 28.9 Å². The zero-order valence-corrected chi connectivity index (χ0v) is 12.0. The van der Waals surface area contributed by atoms with Crippen molar-refractivity contribution >= 4 is 21.9 Å². The molecule has 5 heteroatoms. The highest BCUT2D eigenvalue weighted by molar-refractivity contribution is 9.10. The minimum atomic E-state index is -0.800. The molecule has 0 fully saturated rings. The first kappa shape index (κ1) is 15.0. The predicted octanol–water partition coefficient (Wildman–Crippen LogP) is 2.62. The molecule has 0 aromatic heterocycles. The second kappa shape index (κ2) is 8.11. The lowest BCUT2D eigenvalue weighted by atomic mass is 10.3. The summed E-state index contributed by atoms with van der Waals surface area (Å²) in [5.41, 5.74) is 0. The number of carboxylic acid groups (broad SMARTS) is 1. The Balaban J connectivity index is 2.36. The highest BCUT2D eigenvalue weighted by atomic mass is 79.9. The normalized spacial score (nSPS) is 10.6. The smallest absolute Gasteiger partial charge is 0.317 e. The molecule has 0 aliphatic rings. The number of nitrogens with zero attached hydrogens (tertiary/aromatic N) is 1. The summed E-state index contributed by atoms with van der Waals surface area (Å²) in [6.45, 7) is 3.98. The first-order chi connectivity index (χ1) is 8.61. The van der Waals surface area contributed by atoms with Crippen LogP contribution in [0.2, 0.25) is 0 Å². The number of carbonyl (C=O) groups is 1. The Morgan fingerprint density at radius 1 is 1.44 bits per heavy atom. The summed E-state index contributed by atoms with van der Waals surface area (Å²) in [5, 5.41) is 8.77. The third-order valence-corrected chi connectivity index (χ3v) is 2.86. The molecule has 0 saturated heterocycles. The average molecular weight is 316 g/mol. The van der Waals surface area contributed by atoms with Crippen LogP contribution in [0.25, 0.3) is 0 Å². The van der Waals surface area contributed by atoms with Crippen LogP contribution in [0.4, 0.5) is 0 Å². The number of rotatable bonds is 8. The lowest BCUT2D eigenvalue weighted by Gasteiger charge is -2.19. The van der Waals surface area contributed by atoms with Crippen LogP contribution in [0.3, 0.4) is 0 Å². The van der Waals surface area contributed by atoms with Crippen molar-refractivity contribution in [1.29, 1.82) is 0 Å². The molecule has 1 aromatic rings. The fourth-order valence-electron chi connectivity index (χ4n) is 1.63. The molecule has 18 heavy (non-hydrogen) atoms. The summed E-state index contributed by atoms with van der Waals surface area (Å²) in [4.78, 5) is 12.5. The minimum absolute atomic E-state index is 0.0652. The number of benzene rings is 1. The molecule has 0 atom stereocenters. The standard InChI is InChI=1S/C13H18BrNO3/c1-2-6-15(10-13(16)17)7-8-18-12-5-3-4-11(14)9-12/h3-5,9H,2,6-8,10H2,1H3,(H,16,17). The Hall–Kier alpha value is -1.07. The molecule has 1 N–H and O–H groups in total. The molecule has 0 unspecified atom stereocenters. The molecule has 0 heterocycles. The lowest BCUT2D eigenvalue weighted by Crippen LogP contribution is -2.34. The largest absolute Gasteiger partial charge is 0.492 e. The Morgan fingerprint density at radius 3 is 2.83 bits per heavy atom. The second-order valence-corrected chi connectivity index (χ2v) is 4.89. The number of carboxylic acids is 1. The van der Waals surface area contributed by atoms with Crippen LogP contribution in [-0.2, 0) is 4.79 Å². The summed E-state index contributed by atoms with van der Waals surface area (Å²) in [5.74, 6) is -0.0120. The molecular formula is C13H18BrNO3. The van der Waals surface area contributed by atoms with E-state index < -0.39 is 5.97 Å². The van der Waals surface area contributed by atoms with Crippen LogP contribution >= 0.6 is 15.9 Å². The van der Waals surface area contributed by atoms with E-state index in [0.717, 1.165) is 23.2 Å². The Labute approximate surface area is 116 Å². The fraction of sp³-hybridized carbons (Fsp3) is 0.462. The van der Waals surface area contributed by atoms with Gasteiger partial charge in [0.2, 0.25) is 0 Å². The monoisotopic (exact) mass is 315 g/mol. The number of hydrogen-bond acceptors (Lipinski definition) is 3. The Bertz CT molecular complexity index is 384. The van der Waals surface area contributed by atoms with Gasteiger partial charge in [-0.2, -0.15) is 0 Å². The van der Waals surface area contributed by atoms with E-state index in [9.17, 15) is 4.79 Å². The maximum Gasteiger partial charge on any atom is 0.317 e. The first-order valence-electron chi connectivity index (χ1n) is 5.94. The molecule has 4 nitrogen and oxygen atoms in total. The van der Waals surface area contributed by atoms with Gasteiger partial charge in [-0.3, -0.25) is 9.69 Å². The molecule has 0 radical (unpaired) electrons. The lowest BCUT2D eigenvalue weighted by molar-refractivity contribution is -0.138. The number of aliphatic carboxylic acids is 1. The predicted molar refractivity (Wildman–Crippen MR) is 74.0 cm³/mol. The van der Waals surface area contributed by atoms with Crippen LogP contribution in [0, 0.1) is 0 Å². The highest BCUT2D eigenvalue weighted by Gasteiger charge is 2.08. The van der Waals surface area contributed by atoms with Crippen molar-refractivity contribution in [2.75, 3.05) is 26.2 Å². The van der Waals surface area contributed by atoms with E-state index in [1.165, 1.54) is 0 Å². The molecule has 1 rings (SSSR count). The summed E-state index contributed by atoms with van der Waals surface area (Å²) in [6.07, 6.45) is 0.935. The quantitative estimate of drug-likeness (QED) is 0.801. The third kappa shape index (κ3) is 6.02. The van der Waals surface area contributed by atoms with Crippen molar-refractivity contribution in [3.05, 3.63) is 28.7 Å². The zero-order valence-electron chi connectivity index (χ0n) is 10.4. The third-order valence-electron chi connectivity index (χ3n) is 2.37. The molecule has 1 aromatic carbocycles. The van der Waals surface area contributed by atoms with Gasteiger partial charge in [-0.05, 0) is 31.2 Å². The summed E-state index contributed by atoms with van der Waals surface area (Å²) < 4.78 is 6.55. The van der Waals surface area contributed by atoms with Crippen molar-refractivity contribution in [2.24, 2.45) is 0 Å². The molecule has 0 aliphatic carbocycles. The van der Waals surface area contributed by atoms with Gasteiger partial charge >= 0.3 is 5.97 Å². The SMILES string of the molecule is CCCN(CCOc1cccc(Br)c1)CC(=O)O. The average Bonchev–Trinajstić information content (AvgIpc) is 2.28. The van der Waals surface area contributed by atoms with Gasteiger partial charge in [0.1, 0.15) is 12.4 Å². The van der Waals surface area contributed by atoms with Gasteiger partial charge in [0, 0.05) is 11.0 Å². The fourth-order valence-corrected chi connectivity index (χ4v) is 2.01. The second-order valence-electron chi connectivity index (χ2n) is 3.98. The van der Waals surface area contributed by atoms with Gasteiger partial charge in [0.25, 0.3) is 0 Å². The number of hydrogen-bond donors (Lipinski definition) is 1. The van der Waals surface area contributed by atoms with E-state index in [0.29, 0.717) is 13.2 Å². The number of ether oxygens (including phenoxy) is 1. The molecule has 100 valence electrons. The summed E-state index contributed by atoms with van der Waals surface area (Å²) in [7, 11) is 0. The van der Waals surface area contributed by atoms with Crippen molar-refractivity contribution < 1.29 is 14.6 Å². The van der Waals surface area contributed by atoms with E-state index in [2.05, 4.69) is 15.9 Å². The first-order valence-corrected chi connectivity index (χ1v) is 6.73. The van der Waals surface area contributed by atoms with Crippen LogP contribution in [0.5, 0.6) is 5.75 Å². The van der Waals surface area contributed by atoms with Crippen LogP contribution in [0.15, 0.2) is 28.7 Å². The van der Waals surface area contributed by atoms with E-state index in [1.54, 1.807) is 0 Å². The molecule has 0 bridgehead atoms. The summed E-state index contributed by atoms with van der Waals surface area (Å²) >= 11 is 3.37. The van der Waals surface area contributed by atoms with Crippen molar-refractivity contribution in [2.45, 2.75) is 13.3 Å². The van der Waals surface area contributed by atoms with Crippen molar-refractivity contribution in [1.82, 2.24) is 4.90 Å². The van der Waals surface area contributed by atoms with Gasteiger partial charge < -0.3 is 9.84 Å². The Morgan fingerprint density at radius 2 is 2.22 bits per heavy atom. The van der Waals surface area contributed by atoms with Crippen molar-refractivity contribution in [3.8, 4) is 5.75 Å². The molecule has 0 amide bonds. The molecule has 0 aliphatic heterocycles. The molecule has 0 saturated carbocycles. The van der Waals surface area contributed by atoms with Crippen LogP contribution in [-0.4, -0.2) is 42.2 Å². The minimum Gasteiger partial charge on any atom is -0.492 e. The maximum absolute atomic E-state index is 10.7. The van der Waals surface area contributed by atoms with Gasteiger partial charge in [-0.25, -0.2) is 0 Å². The van der Waals surface area contributed by atoms with E-state index in [1.807, 2.05) is 36.1 Å². The number of halogens is 1. The van der Waals surface area contributed by atoms with Crippen LogP contribution < -0.4 is 4.74 Å². The topological polar surface area (TPSA) is 49.8 Å². The van der Waals surface area contributed by atoms with Gasteiger partial charge in [-0.15, -0.1) is 0 Å². The molecular weight excluding hydrogens is 298 g/mol. The zero-order chi connectivity index (χ0) is 13.4. The van der Waals surface area contributed by atoms with E-state index in [-0.39, 0.29) is 6.54 Å². The molecule has 0 spiro atoms. The van der Waals surface area contributed by atoms with Gasteiger partial charge in [0.05, 0.1) is 6.54 Å². The Kier molecular flexibility index (Phi) is 6.75. The highest BCUT2D eigenvalue weighted by Crippen LogP contribution is 2.17. The summed E-state index contributed by atoms with van der Waals surface area (Å²) in [6, 6.07) is 7.61. The van der Waals surface area contributed by atoms with Crippen molar-refractivity contribution in [3.63, 3.8) is 0 Å².